The first kappa shape index (κ1) is 19.5. The van der Waals surface area contributed by atoms with E-state index in [0.717, 1.165) is 54.0 Å². The Labute approximate surface area is 171 Å². The van der Waals surface area contributed by atoms with Crippen molar-refractivity contribution in [1.29, 1.82) is 0 Å². The molecule has 1 saturated heterocycles. The normalized spacial score (nSPS) is 15.6. The van der Waals surface area contributed by atoms with Crippen LogP contribution in [0.25, 0.3) is 10.9 Å². The summed E-state index contributed by atoms with van der Waals surface area (Å²) in [4.78, 5) is 11.7. The standard InChI is InChI=1S/C23H28N4O2/c1-16(2)27-12-10-19(11-13-27)29-21-9-4-6-17-15-24-23(26-22(17)21)25-18-7-5-8-20(14-18)28-3/h4-9,14-16,19H,10-13H2,1-3H3,(H,24,25,26). The third kappa shape index (κ3) is 4.59. The van der Waals surface area contributed by atoms with E-state index in [4.69, 9.17) is 14.5 Å². The number of ether oxygens (including phenoxy) is 2. The van der Waals surface area contributed by atoms with Crippen molar-refractivity contribution in [1.82, 2.24) is 14.9 Å². The molecule has 0 saturated carbocycles. The molecule has 3 aromatic rings. The van der Waals surface area contributed by atoms with Gasteiger partial charge in [-0.25, -0.2) is 9.97 Å². The predicted octanol–water partition coefficient (Wildman–Crippen LogP) is 4.63. The van der Waals surface area contributed by atoms with E-state index in [1.54, 1.807) is 7.11 Å². The van der Waals surface area contributed by atoms with Crippen LogP contribution >= 0.6 is 0 Å². The monoisotopic (exact) mass is 392 g/mol. The zero-order chi connectivity index (χ0) is 20.2. The minimum absolute atomic E-state index is 0.223. The van der Waals surface area contributed by atoms with Gasteiger partial charge in [0.1, 0.15) is 23.1 Å². The molecule has 0 spiro atoms. The van der Waals surface area contributed by atoms with Gasteiger partial charge >= 0.3 is 0 Å². The lowest BCUT2D eigenvalue weighted by atomic mass is 10.1. The smallest absolute Gasteiger partial charge is 0.227 e. The zero-order valence-corrected chi connectivity index (χ0v) is 17.3. The molecule has 0 bridgehead atoms. The van der Waals surface area contributed by atoms with E-state index in [1.807, 2.05) is 48.7 Å². The van der Waals surface area contributed by atoms with Gasteiger partial charge in [0.05, 0.1) is 7.11 Å². The number of hydrogen-bond acceptors (Lipinski definition) is 6. The van der Waals surface area contributed by atoms with Crippen LogP contribution in [-0.4, -0.2) is 47.2 Å². The highest BCUT2D eigenvalue weighted by Crippen LogP contribution is 2.28. The van der Waals surface area contributed by atoms with Crippen LogP contribution in [0.2, 0.25) is 0 Å². The summed E-state index contributed by atoms with van der Waals surface area (Å²) in [5.41, 5.74) is 1.71. The first-order chi connectivity index (χ1) is 14.1. The van der Waals surface area contributed by atoms with Gasteiger partial charge in [-0.1, -0.05) is 18.2 Å². The lowest BCUT2D eigenvalue weighted by Gasteiger charge is -2.34. The highest BCUT2D eigenvalue weighted by Gasteiger charge is 2.22. The second kappa shape index (κ2) is 8.66. The maximum absolute atomic E-state index is 6.37. The van der Waals surface area contributed by atoms with Gasteiger partial charge in [0.15, 0.2) is 0 Å². The Morgan fingerprint density at radius 3 is 2.66 bits per heavy atom. The number of anilines is 2. The number of rotatable bonds is 6. The maximum atomic E-state index is 6.37. The first-order valence-electron chi connectivity index (χ1n) is 10.2. The second-order valence-corrected chi connectivity index (χ2v) is 7.69. The van der Waals surface area contributed by atoms with E-state index < -0.39 is 0 Å². The molecule has 0 unspecified atom stereocenters. The quantitative estimate of drug-likeness (QED) is 0.660. The molecule has 152 valence electrons. The Hall–Kier alpha value is -2.86. The highest BCUT2D eigenvalue weighted by atomic mass is 16.5. The van der Waals surface area contributed by atoms with Gasteiger partial charge in [0.25, 0.3) is 0 Å². The van der Waals surface area contributed by atoms with Crippen LogP contribution in [0.1, 0.15) is 26.7 Å². The molecule has 0 amide bonds. The Morgan fingerprint density at radius 2 is 1.90 bits per heavy atom. The number of hydrogen-bond donors (Lipinski definition) is 1. The lowest BCUT2D eigenvalue weighted by Crippen LogP contribution is -2.41. The molecule has 29 heavy (non-hydrogen) atoms. The predicted molar refractivity (Wildman–Crippen MR) is 116 cm³/mol. The summed E-state index contributed by atoms with van der Waals surface area (Å²) in [5.74, 6) is 2.14. The summed E-state index contributed by atoms with van der Waals surface area (Å²) in [7, 11) is 1.65. The average molecular weight is 393 g/mol. The molecule has 6 nitrogen and oxygen atoms in total. The molecule has 1 N–H and O–H groups in total. The fraction of sp³-hybridized carbons (Fsp3) is 0.391. The van der Waals surface area contributed by atoms with Crippen LogP contribution in [0.3, 0.4) is 0 Å². The number of fused-ring (bicyclic) bond motifs is 1. The third-order valence-electron chi connectivity index (χ3n) is 5.40. The lowest BCUT2D eigenvalue weighted by molar-refractivity contribution is 0.0852. The number of aromatic nitrogens is 2. The molecule has 6 heteroatoms. The molecule has 2 heterocycles. The van der Waals surface area contributed by atoms with Crippen molar-refractivity contribution in [3.63, 3.8) is 0 Å². The van der Waals surface area contributed by atoms with Gasteiger partial charge in [0.2, 0.25) is 5.95 Å². The number of piperidine rings is 1. The van der Waals surface area contributed by atoms with Gasteiger partial charge in [-0.2, -0.15) is 0 Å². The molecule has 1 aromatic heterocycles. The SMILES string of the molecule is COc1cccc(Nc2ncc3cccc(OC4CCN(C(C)C)CC4)c3n2)c1. The van der Waals surface area contributed by atoms with Crippen molar-refractivity contribution in [3.8, 4) is 11.5 Å². The molecule has 1 aliphatic rings. The van der Waals surface area contributed by atoms with E-state index in [0.29, 0.717) is 12.0 Å². The van der Waals surface area contributed by atoms with Crippen LogP contribution in [-0.2, 0) is 0 Å². The molecule has 1 fully saturated rings. The molecule has 4 rings (SSSR count). The molecule has 2 aromatic carbocycles. The van der Waals surface area contributed by atoms with Crippen molar-refractivity contribution >= 4 is 22.5 Å². The van der Waals surface area contributed by atoms with Gasteiger partial charge < -0.3 is 19.7 Å². The minimum Gasteiger partial charge on any atom is -0.497 e. The van der Waals surface area contributed by atoms with Crippen molar-refractivity contribution in [2.45, 2.75) is 38.8 Å². The van der Waals surface area contributed by atoms with Gasteiger partial charge in [-0.05, 0) is 44.9 Å². The maximum Gasteiger partial charge on any atom is 0.227 e. The van der Waals surface area contributed by atoms with Gasteiger partial charge in [-0.3, -0.25) is 0 Å². The van der Waals surface area contributed by atoms with Crippen LogP contribution in [0.5, 0.6) is 11.5 Å². The summed E-state index contributed by atoms with van der Waals surface area (Å²) in [6.45, 7) is 6.65. The van der Waals surface area contributed by atoms with Crippen molar-refractivity contribution in [3.05, 3.63) is 48.7 Å². The summed E-state index contributed by atoms with van der Waals surface area (Å²) >= 11 is 0. The number of nitrogens with zero attached hydrogens (tertiary/aromatic N) is 3. The Kier molecular flexibility index (Phi) is 5.81. The fourth-order valence-electron chi connectivity index (χ4n) is 3.70. The largest absolute Gasteiger partial charge is 0.497 e. The van der Waals surface area contributed by atoms with Crippen LogP contribution < -0.4 is 14.8 Å². The Morgan fingerprint density at radius 1 is 1.10 bits per heavy atom. The van der Waals surface area contributed by atoms with Crippen molar-refractivity contribution < 1.29 is 9.47 Å². The van der Waals surface area contributed by atoms with Crippen LogP contribution in [0.4, 0.5) is 11.6 Å². The van der Waals surface area contributed by atoms with E-state index in [1.165, 1.54) is 0 Å². The topological polar surface area (TPSA) is 59.5 Å². The van der Waals surface area contributed by atoms with E-state index in [9.17, 15) is 0 Å². The Bertz CT molecular complexity index is 968. The molecule has 0 radical (unpaired) electrons. The van der Waals surface area contributed by atoms with Crippen LogP contribution in [0, 0.1) is 0 Å². The number of nitrogens with one attached hydrogen (secondary N) is 1. The number of benzene rings is 2. The van der Waals surface area contributed by atoms with Gasteiger partial charge in [-0.15, -0.1) is 0 Å². The summed E-state index contributed by atoms with van der Waals surface area (Å²) in [6.07, 6.45) is 4.13. The average Bonchev–Trinajstić information content (AvgIpc) is 2.75. The first-order valence-corrected chi connectivity index (χ1v) is 10.2. The van der Waals surface area contributed by atoms with E-state index in [2.05, 4.69) is 29.0 Å². The zero-order valence-electron chi connectivity index (χ0n) is 17.3. The molecule has 1 aliphatic heterocycles. The molecule has 0 aliphatic carbocycles. The van der Waals surface area contributed by atoms with Gasteiger partial charge in [0, 0.05) is 42.5 Å². The molecule has 0 atom stereocenters. The molecular formula is C23H28N4O2. The Balaban J connectivity index is 1.53. The molecular weight excluding hydrogens is 364 g/mol. The summed E-state index contributed by atoms with van der Waals surface area (Å²) in [6, 6.07) is 14.3. The van der Waals surface area contributed by atoms with E-state index >= 15 is 0 Å². The number of para-hydroxylation sites is 1. The summed E-state index contributed by atoms with van der Waals surface area (Å²) < 4.78 is 11.7. The van der Waals surface area contributed by atoms with Crippen LogP contribution in [0.15, 0.2) is 48.7 Å². The summed E-state index contributed by atoms with van der Waals surface area (Å²) in [5, 5.41) is 4.23. The van der Waals surface area contributed by atoms with Crippen molar-refractivity contribution in [2.24, 2.45) is 0 Å². The fourth-order valence-corrected chi connectivity index (χ4v) is 3.70. The van der Waals surface area contributed by atoms with E-state index in [-0.39, 0.29) is 6.10 Å². The highest BCUT2D eigenvalue weighted by molar-refractivity contribution is 5.85. The van der Waals surface area contributed by atoms with Crippen molar-refractivity contribution in [2.75, 3.05) is 25.5 Å². The third-order valence-corrected chi connectivity index (χ3v) is 5.40. The number of methoxy groups -OCH3 is 1. The minimum atomic E-state index is 0.223. The second-order valence-electron chi connectivity index (χ2n) is 7.69. The number of likely N-dealkylation sites (tertiary alicyclic amines) is 1.